The Bertz CT molecular complexity index is 896. The lowest BCUT2D eigenvalue weighted by Gasteiger charge is -2.26. The summed E-state index contributed by atoms with van der Waals surface area (Å²) in [4.78, 5) is 18.8. The first-order chi connectivity index (χ1) is 13.6. The van der Waals surface area contributed by atoms with Crippen molar-refractivity contribution < 1.29 is 4.79 Å². The minimum absolute atomic E-state index is 0.0972. The highest BCUT2D eigenvalue weighted by molar-refractivity contribution is 7.99. The zero-order valence-corrected chi connectivity index (χ0v) is 17.3. The van der Waals surface area contributed by atoms with E-state index in [0.29, 0.717) is 12.3 Å². The van der Waals surface area contributed by atoms with Crippen molar-refractivity contribution in [1.29, 1.82) is 0 Å². The van der Waals surface area contributed by atoms with Crippen molar-refractivity contribution in [3.63, 3.8) is 0 Å². The highest BCUT2D eigenvalue weighted by Gasteiger charge is 2.20. The van der Waals surface area contributed by atoms with Crippen LogP contribution in [0.3, 0.4) is 0 Å². The van der Waals surface area contributed by atoms with Crippen LogP contribution in [0.1, 0.15) is 26.3 Å². The molecule has 1 aromatic carbocycles. The summed E-state index contributed by atoms with van der Waals surface area (Å²) in [6.07, 6.45) is 3.48. The molecular weight excluding hydrogens is 370 g/mol. The number of pyridine rings is 1. The fraction of sp³-hybridized carbons (Fsp3) is 0.333. The van der Waals surface area contributed by atoms with Gasteiger partial charge in [-0.3, -0.25) is 9.78 Å². The molecule has 0 saturated heterocycles. The molecule has 0 aliphatic rings. The molecule has 0 spiro atoms. The van der Waals surface area contributed by atoms with E-state index >= 15 is 0 Å². The van der Waals surface area contributed by atoms with Gasteiger partial charge in [0.05, 0.1) is 5.75 Å². The third-order valence-electron chi connectivity index (χ3n) is 4.44. The van der Waals surface area contributed by atoms with Crippen LogP contribution in [0.5, 0.6) is 0 Å². The molecule has 3 aromatic rings. The monoisotopic (exact) mass is 395 g/mol. The van der Waals surface area contributed by atoms with Crippen molar-refractivity contribution in [3.8, 4) is 11.4 Å². The van der Waals surface area contributed by atoms with Crippen molar-refractivity contribution in [3.05, 3.63) is 60.4 Å². The highest BCUT2D eigenvalue weighted by Crippen LogP contribution is 2.24. The molecule has 0 saturated carbocycles. The van der Waals surface area contributed by atoms with Crippen LogP contribution in [0.4, 0.5) is 0 Å². The fourth-order valence-electron chi connectivity index (χ4n) is 2.94. The van der Waals surface area contributed by atoms with Crippen molar-refractivity contribution in [2.24, 2.45) is 0 Å². The van der Waals surface area contributed by atoms with Gasteiger partial charge in [0.1, 0.15) is 0 Å². The molecular formula is C21H25N5OS. The molecule has 2 heterocycles. The number of carbonyl (C=O) groups is 1. The number of aromatic nitrogens is 4. The van der Waals surface area contributed by atoms with Crippen LogP contribution in [0, 0.1) is 0 Å². The van der Waals surface area contributed by atoms with Crippen molar-refractivity contribution in [2.45, 2.75) is 45.1 Å². The van der Waals surface area contributed by atoms with Crippen molar-refractivity contribution in [1.82, 2.24) is 24.6 Å². The Morgan fingerprint density at radius 1 is 1.11 bits per heavy atom. The van der Waals surface area contributed by atoms with Gasteiger partial charge >= 0.3 is 0 Å². The van der Waals surface area contributed by atoms with Crippen molar-refractivity contribution in [2.75, 3.05) is 5.75 Å². The molecule has 28 heavy (non-hydrogen) atoms. The Hall–Kier alpha value is -2.67. The first-order valence-corrected chi connectivity index (χ1v) is 10.4. The molecule has 0 atom stereocenters. The van der Waals surface area contributed by atoms with Gasteiger partial charge < -0.3 is 9.47 Å². The summed E-state index contributed by atoms with van der Waals surface area (Å²) >= 11 is 1.43. The Labute approximate surface area is 170 Å². The van der Waals surface area contributed by atoms with Crippen LogP contribution in [-0.2, 0) is 17.9 Å². The van der Waals surface area contributed by atoms with E-state index in [1.54, 1.807) is 12.4 Å². The number of thioether (sulfide) groups is 1. The first kappa shape index (κ1) is 20.1. The smallest absolute Gasteiger partial charge is 0.233 e. The number of hydrogen-bond donors (Lipinski definition) is 0. The molecule has 0 aliphatic heterocycles. The summed E-state index contributed by atoms with van der Waals surface area (Å²) < 4.78 is 2.03. The normalized spacial score (nSPS) is 11.0. The van der Waals surface area contributed by atoms with Gasteiger partial charge in [0.15, 0.2) is 11.0 Å². The number of hydrogen-bond acceptors (Lipinski definition) is 5. The molecule has 0 fully saturated rings. The minimum atomic E-state index is 0.0972. The summed E-state index contributed by atoms with van der Waals surface area (Å²) in [5.74, 6) is 1.23. The van der Waals surface area contributed by atoms with Gasteiger partial charge in [-0.15, -0.1) is 10.2 Å². The van der Waals surface area contributed by atoms with E-state index in [2.05, 4.69) is 22.1 Å². The van der Waals surface area contributed by atoms with E-state index in [0.717, 1.165) is 28.7 Å². The maximum absolute atomic E-state index is 12.9. The van der Waals surface area contributed by atoms with Gasteiger partial charge in [0, 0.05) is 37.1 Å². The Morgan fingerprint density at radius 2 is 1.82 bits per heavy atom. The maximum Gasteiger partial charge on any atom is 0.233 e. The van der Waals surface area contributed by atoms with E-state index < -0.39 is 0 Å². The number of carbonyl (C=O) groups excluding carboxylic acids is 1. The Balaban J connectivity index is 1.70. The molecule has 0 aliphatic carbocycles. The number of benzene rings is 1. The third-order valence-corrected chi connectivity index (χ3v) is 5.39. The summed E-state index contributed by atoms with van der Waals surface area (Å²) in [7, 11) is 0. The van der Waals surface area contributed by atoms with Crippen LogP contribution >= 0.6 is 11.8 Å². The molecule has 1 amide bonds. The lowest BCUT2D eigenvalue weighted by Crippen LogP contribution is -2.37. The molecule has 0 radical (unpaired) electrons. The second-order valence-corrected chi connectivity index (χ2v) is 7.62. The standard InChI is InChI=1S/C21H25N5OS/c1-4-25-20(18-10-12-22-13-11-18)23-24-21(25)28-15-19(27)26(16(2)3)14-17-8-6-5-7-9-17/h5-13,16H,4,14-15H2,1-3H3. The van der Waals surface area contributed by atoms with Crippen LogP contribution in [0.15, 0.2) is 60.0 Å². The molecule has 6 nitrogen and oxygen atoms in total. The first-order valence-electron chi connectivity index (χ1n) is 9.40. The molecule has 7 heteroatoms. The predicted molar refractivity (Wildman–Crippen MR) is 112 cm³/mol. The SMILES string of the molecule is CCn1c(SCC(=O)N(Cc2ccccc2)C(C)C)nnc1-c1ccncc1. The second-order valence-electron chi connectivity index (χ2n) is 6.68. The van der Waals surface area contributed by atoms with Crippen LogP contribution < -0.4 is 0 Å². The second kappa shape index (κ2) is 9.50. The fourth-order valence-corrected chi connectivity index (χ4v) is 3.83. The minimum Gasteiger partial charge on any atom is -0.335 e. The largest absolute Gasteiger partial charge is 0.335 e. The summed E-state index contributed by atoms with van der Waals surface area (Å²) in [5.41, 5.74) is 2.10. The Morgan fingerprint density at radius 3 is 2.46 bits per heavy atom. The quantitative estimate of drug-likeness (QED) is 0.542. The van der Waals surface area contributed by atoms with Crippen LogP contribution in [0.2, 0.25) is 0 Å². The maximum atomic E-state index is 12.9. The van der Waals surface area contributed by atoms with Gasteiger partial charge in [0.25, 0.3) is 0 Å². The van der Waals surface area contributed by atoms with E-state index in [1.165, 1.54) is 11.8 Å². The van der Waals surface area contributed by atoms with E-state index in [9.17, 15) is 4.79 Å². The Kier molecular flexibility index (Phi) is 6.81. The summed E-state index contributed by atoms with van der Waals surface area (Å²) in [6, 6.07) is 14.0. The molecule has 0 unspecified atom stereocenters. The van der Waals surface area contributed by atoms with Crippen LogP contribution in [0.25, 0.3) is 11.4 Å². The van der Waals surface area contributed by atoms with Gasteiger partial charge in [0.2, 0.25) is 5.91 Å². The zero-order valence-electron chi connectivity index (χ0n) is 16.4. The predicted octanol–water partition coefficient (Wildman–Crippen LogP) is 3.89. The van der Waals surface area contributed by atoms with E-state index in [1.807, 2.05) is 65.8 Å². The molecule has 2 aromatic heterocycles. The van der Waals surface area contributed by atoms with Gasteiger partial charge in [-0.1, -0.05) is 42.1 Å². The van der Waals surface area contributed by atoms with Crippen molar-refractivity contribution >= 4 is 17.7 Å². The lowest BCUT2D eigenvalue weighted by molar-refractivity contribution is -0.130. The lowest BCUT2D eigenvalue weighted by atomic mass is 10.2. The van der Waals surface area contributed by atoms with E-state index in [-0.39, 0.29) is 11.9 Å². The average Bonchev–Trinajstić information content (AvgIpc) is 3.14. The molecule has 0 bridgehead atoms. The number of nitrogens with zero attached hydrogens (tertiary/aromatic N) is 5. The van der Waals surface area contributed by atoms with Crippen LogP contribution in [-0.4, -0.2) is 42.4 Å². The number of rotatable bonds is 8. The molecule has 146 valence electrons. The van der Waals surface area contributed by atoms with Gasteiger partial charge in [-0.25, -0.2) is 0 Å². The molecule has 3 rings (SSSR count). The highest BCUT2D eigenvalue weighted by atomic mass is 32.2. The summed E-state index contributed by atoms with van der Waals surface area (Å²) in [6.45, 7) is 7.48. The third kappa shape index (κ3) is 4.78. The zero-order chi connectivity index (χ0) is 19.9. The number of amides is 1. The molecule has 0 N–H and O–H groups in total. The average molecular weight is 396 g/mol. The van der Waals surface area contributed by atoms with Gasteiger partial charge in [-0.05, 0) is 38.5 Å². The summed E-state index contributed by atoms with van der Waals surface area (Å²) in [5, 5.41) is 9.39. The van der Waals surface area contributed by atoms with E-state index in [4.69, 9.17) is 0 Å². The topological polar surface area (TPSA) is 63.9 Å². The van der Waals surface area contributed by atoms with Gasteiger partial charge in [-0.2, -0.15) is 0 Å².